The fraction of sp³-hybridized carbons (Fsp3) is 0.222. The van der Waals surface area contributed by atoms with Crippen LogP contribution in [0.5, 0.6) is 0 Å². The largest absolute Gasteiger partial charge is 0.385 e. The van der Waals surface area contributed by atoms with Crippen molar-refractivity contribution in [1.82, 2.24) is 4.98 Å². The third kappa shape index (κ3) is 1.56. The molecule has 1 aromatic carbocycles. The number of hydrogen-bond donors (Lipinski definition) is 2. The van der Waals surface area contributed by atoms with E-state index in [1.807, 2.05) is 24.3 Å². The normalized spacial score (nSPS) is 13.4. The maximum absolute atomic E-state index is 9.45. The van der Waals surface area contributed by atoms with Crippen LogP contribution in [0.25, 0.3) is 10.2 Å². The van der Waals surface area contributed by atoms with E-state index in [-0.39, 0.29) is 6.54 Å². The van der Waals surface area contributed by atoms with Crippen LogP contribution in [-0.2, 0) is 0 Å². The molecule has 1 aromatic heterocycles. The monoisotopic (exact) mass is 194 g/mol. The number of aliphatic hydroxyl groups excluding tert-OH is 1. The highest BCUT2D eigenvalue weighted by molar-refractivity contribution is 7.18. The van der Waals surface area contributed by atoms with Crippen LogP contribution in [-0.4, -0.2) is 16.6 Å². The lowest BCUT2D eigenvalue weighted by molar-refractivity contribution is 0.186. The van der Waals surface area contributed by atoms with E-state index in [1.54, 1.807) is 0 Å². The molecule has 3 N–H and O–H groups in total. The average Bonchev–Trinajstić information content (AvgIpc) is 2.59. The first-order chi connectivity index (χ1) is 6.31. The summed E-state index contributed by atoms with van der Waals surface area (Å²) in [5, 5.41) is 10.2. The van der Waals surface area contributed by atoms with Gasteiger partial charge in [-0.1, -0.05) is 12.1 Å². The van der Waals surface area contributed by atoms with Gasteiger partial charge in [-0.05, 0) is 12.1 Å². The molecule has 2 rings (SSSR count). The lowest BCUT2D eigenvalue weighted by atomic mass is 10.3. The second kappa shape index (κ2) is 3.41. The first kappa shape index (κ1) is 8.62. The fourth-order valence-electron chi connectivity index (χ4n) is 1.13. The maximum atomic E-state index is 9.45. The Balaban J connectivity index is 2.49. The minimum atomic E-state index is -0.627. The van der Waals surface area contributed by atoms with E-state index < -0.39 is 6.10 Å². The number of benzene rings is 1. The smallest absolute Gasteiger partial charge is 0.124 e. The number of rotatable bonds is 2. The van der Waals surface area contributed by atoms with E-state index in [0.29, 0.717) is 5.01 Å². The number of aliphatic hydroxyl groups is 1. The molecular weight excluding hydrogens is 184 g/mol. The van der Waals surface area contributed by atoms with E-state index in [0.717, 1.165) is 10.2 Å². The SMILES string of the molecule is NC[C@@H](O)c1nc2ccccc2s1. The van der Waals surface area contributed by atoms with Gasteiger partial charge in [0, 0.05) is 6.54 Å². The fourth-order valence-corrected chi connectivity index (χ4v) is 2.10. The number of nitrogens with two attached hydrogens (primary N) is 1. The van der Waals surface area contributed by atoms with Crippen LogP contribution in [0, 0.1) is 0 Å². The molecule has 4 heteroatoms. The summed E-state index contributed by atoms with van der Waals surface area (Å²) in [6.45, 7) is 0.222. The molecular formula is C9H10N2OS. The van der Waals surface area contributed by atoms with Crippen LogP contribution in [0.2, 0.25) is 0 Å². The quantitative estimate of drug-likeness (QED) is 0.757. The number of aromatic nitrogens is 1. The molecule has 0 aliphatic heterocycles. The van der Waals surface area contributed by atoms with E-state index in [4.69, 9.17) is 5.73 Å². The molecule has 0 amide bonds. The van der Waals surface area contributed by atoms with Crippen molar-refractivity contribution in [2.24, 2.45) is 5.73 Å². The Bertz CT molecular complexity index is 380. The van der Waals surface area contributed by atoms with E-state index in [9.17, 15) is 5.11 Å². The summed E-state index contributed by atoms with van der Waals surface area (Å²) >= 11 is 1.49. The first-order valence-corrected chi connectivity index (χ1v) is 4.86. The molecule has 0 fully saturated rings. The highest BCUT2D eigenvalue weighted by Gasteiger charge is 2.10. The second-order valence-corrected chi connectivity index (χ2v) is 3.83. The van der Waals surface area contributed by atoms with Crippen LogP contribution >= 0.6 is 11.3 Å². The van der Waals surface area contributed by atoms with Crippen molar-refractivity contribution in [3.05, 3.63) is 29.3 Å². The van der Waals surface area contributed by atoms with Crippen LogP contribution in [0.3, 0.4) is 0 Å². The second-order valence-electron chi connectivity index (χ2n) is 2.77. The number of para-hydroxylation sites is 1. The standard InChI is InChI=1S/C9H10N2OS/c10-5-7(12)9-11-6-3-1-2-4-8(6)13-9/h1-4,7,12H,5,10H2/t7-/m1/s1. The Morgan fingerprint density at radius 1 is 1.46 bits per heavy atom. The number of hydrogen-bond acceptors (Lipinski definition) is 4. The highest BCUT2D eigenvalue weighted by atomic mass is 32.1. The van der Waals surface area contributed by atoms with Gasteiger partial charge in [-0.2, -0.15) is 0 Å². The summed E-state index contributed by atoms with van der Waals surface area (Å²) in [5.74, 6) is 0. The third-order valence-electron chi connectivity index (χ3n) is 1.82. The van der Waals surface area contributed by atoms with E-state index in [1.165, 1.54) is 11.3 Å². The zero-order valence-electron chi connectivity index (χ0n) is 6.97. The average molecular weight is 194 g/mol. The van der Waals surface area contributed by atoms with Gasteiger partial charge in [0.1, 0.15) is 11.1 Å². The Kier molecular flexibility index (Phi) is 2.26. The van der Waals surface area contributed by atoms with Crippen molar-refractivity contribution in [1.29, 1.82) is 0 Å². The van der Waals surface area contributed by atoms with Gasteiger partial charge in [-0.25, -0.2) is 4.98 Å². The van der Waals surface area contributed by atoms with Gasteiger partial charge in [-0.15, -0.1) is 11.3 Å². The molecule has 0 spiro atoms. The van der Waals surface area contributed by atoms with Crippen LogP contribution in [0.15, 0.2) is 24.3 Å². The van der Waals surface area contributed by atoms with Crippen molar-refractivity contribution >= 4 is 21.6 Å². The van der Waals surface area contributed by atoms with Crippen molar-refractivity contribution in [2.75, 3.05) is 6.54 Å². The summed E-state index contributed by atoms with van der Waals surface area (Å²) in [7, 11) is 0. The van der Waals surface area contributed by atoms with Gasteiger partial charge >= 0.3 is 0 Å². The molecule has 1 heterocycles. The minimum Gasteiger partial charge on any atom is -0.385 e. The molecule has 0 bridgehead atoms. The van der Waals surface area contributed by atoms with Crippen LogP contribution < -0.4 is 5.73 Å². The Morgan fingerprint density at radius 3 is 2.92 bits per heavy atom. The topological polar surface area (TPSA) is 59.1 Å². The molecule has 0 aliphatic carbocycles. The van der Waals surface area contributed by atoms with Gasteiger partial charge < -0.3 is 10.8 Å². The molecule has 0 aliphatic rings. The van der Waals surface area contributed by atoms with Gasteiger partial charge in [0.2, 0.25) is 0 Å². The zero-order valence-corrected chi connectivity index (χ0v) is 7.79. The lowest BCUT2D eigenvalue weighted by Gasteiger charge is -2.00. The molecule has 13 heavy (non-hydrogen) atoms. The highest BCUT2D eigenvalue weighted by Crippen LogP contribution is 2.25. The van der Waals surface area contributed by atoms with E-state index in [2.05, 4.69) is 4.98 Å². The van der Waals surface area contributed by atoms with Crippen molar-refractivity contribution in [2.45, 2.75) is 6.10 Å². The van der Waals surface area contributed by atoms with Crippen molar-refractivity contribution in [3.8, 4) is 0 Å². The molecule has 0 saturated heterocycles. The first-order valence-electron chi connectivity index (χ1n) is 4.05. The van der Waals surface area contributed by atoms with Gasteiger partial charge in [0.15, 0.2) is 0 Å². The molecule has 68 valence electrons. The lowest BCUT2D eigenvalue weighted by Crippen LogP contribution is -2.10. The molecule has 0 saturated carbocycles. The predicted molar refractivity (Wildman–Crippen MR) is 53.6 cm³/mol. The zero-order chi connectivity index (χ0) is 9.26. The Hall–Kier alpha value is -0.970. The summed E-state index contributed by atoms with van der Waals surface area (Å²) in [6, 6.07) is 7.80. The Labute approximate surface area is 79.8 Å². The Morgan fingerprint density at radius 2 is 2.23 bits per heavy atom. The van der Waals surface area contributed by atoms with E-state index >= 15 is 0 Å². The summed E-state index contributed by atoms with van der Waals surface area (Å²) in [6.07, 6.45) is -0.627. The van der Waals surface area contributed by atoms with Gasteiger partial charge in [0.05, 0.1) is 10.2 Å². The summed E-state index contributed by atoms with van der Waals surface area (Å²) in [5.41, 5.74) is 6.27. The molecule has 1 atom stereocenters. The minimum absolute atomic E-state index is 0.222. The number of thiazole rings is 1. The molecule has 2 aromatic rings. The summed E-state index contributed by atoms with van der Waals surface area (Å²) < 4.78 is 1.09. The molecule has 0 radical (unpaired) electrons. The molecule has 3 nitrogen and oxygen atoms in total. The summed E-state index contributed by atoms with van der Waals surface area (Å²) in [4.78, 5) is 4.27. The van der Waals surface area contributed by atoms with Gasteiger partial charge in [0.25, 0.3) is 0 Å². The number of fused-ring (bicyclic) bond motifs is 1. The van der Waals surface area contributed by atoms with Crippen LogP contribution in [0.4, 0.5) is 0 Å². The van der Waals surface area contributed by atoms with Crippen molar-refractivity contribution < 1.29 is 5.11 Å². The van der Waals surface area contributed by atoms with Crippen LogP contribution in [0.1, 0.15) is 11.1 Å². The maximum Gasteiger partial charge on any atom is 0.124 e. The van der Waals surface area contributed by atoms with Gasteiger partial charge in [-0.3, -0.25) is 0 Å². The number of nitrogens with zero attached hydrogens (tertiary/aromatic N) is 1. The molecule has 0 unspecified atom stereocenters. The van der Waals surface area contributed by atoms with Crippen molar-refractivity contribution in [3.63, 3.8) is 0 Å². The third-order valence-corrected chi connectivity index (χ3v) is 2.96. The predicted octanol–water partition coefficient (Wildman–Crippen LogP) is 1.29.